The number of hydrogen-bond donors (Lipinski definition) is 2. The molecule has 1 heterocycles. The van der Waals surface area contributed by atoms with Gasteiger partial charge in [0.15, 0.2) is 0 Å². The third kappa shape index (κ3) is 7.28. The molecule has 1 amide bonds. The maximum absolute atomic E-state index is 12.7. The monoisotopic (exact) mass is 593 g/mol. The zero-order valence-electron chi connectivity index (χ0n) is 21.1. The summed E-state index contributed by atoms with van der Waals surface area (Å²) in [5.74, 6) is -0.00286. The van der Waals surface area contributed by atoms with Crippen molar-refractivity contribution in [2.24, 2.45) is 0 Å². The molecule has 3 aromatic rings. The van der Waals surface area contributed by atoms with Crippen LogP contribution in [0.4, 0.5) is 5.69 Å². The number of hydrogen-bond acceptors (Lipinski definition) is 7. The van der Waals surface area contributed by atoms with Crippen LogP contribution in [0.1, 0.15) is 15.9 Å². The van der Waals surface area contributed by atoms with E-state index in [2.05, 4.69) is 10.0 Å². The first-order valence-electron chi connectivity index (χ1n) is 12.0. The van der Waals surface area contributed by atoms with E-state index in [9.17, 15) is 21.6 Å². The molecular formula is C26H28ClN3O7S2. The Kier molecular flexibility index (Phi) is 9.13. The number of anilines is 1. The molecule has 208 valence electrons. The van der Waals surface area contributed by atoms with Crippen LogP contribution in [0, 0.1) is 6.92 Å². The minimum Gasteiger partial charge on any atom is -0.492 e. The number of nitrogens with zero attached hydrogens (tertiary/aromatic N) is 1. The molecule has 10 nitrogen and oxygen atoms in total. The number of ether oxygens (including phenoxy) is 2. The van der Waals surface area contributed by atoms with Crippen LogP contribution in [0.2, 0.25) is 5.02 Å². The van der Waals surface area contributed by atoms with Gasteiger partial charge in [-0.2, -0.15) is 4.31 Å². The van der Waals surface area contributed by atoms with E-state index in [0.29, 0.717) is 32.1 Å². The first kappa shape index (κ1) is 28.8. The number of amides is 1. The van der Waals surface area contributed by atoms with Gasteiger partial charge in [-0.15, -0.1) is 0 Å². The number of morpholine rings is 1. The van der Waals surface area contributed by atoms with E-state index >= 15 is 0 Å². The Morgan fingerprint density at radius 2 is 1.59 bits per heavy atom. The molecule has 1 aliphatic heterocycles. The number of carbonyl (C=O) groups excluding carboxylic acids is 1. The molecule has 0 aromatic heterocycles. The van der Waals surface area contributed by atoms with Crippen molar-refractivity contribution in [2.75, 3.05) is 44.2 Å². The third-order valence-corrected chi connectivity index (χ3v) is 9.51. The van der Waals surface area contributed by atoms with E-state index in [0.717, 1.165) is 5.56 Å². The Balaban J connectivity index is 1.27. The minimum atomic E-state index is -3.81. The number of aryl methyl sites for hydroxylation is 1. The first-order valence-corrected chi connectivity index (χ1v) is 15.3. The van der Waals surface area contributed by atoms with E-state index in [-0.39, 0.29) is 39.2 Å². The Morgan fingerprint density at radius 3 is 2.23 bits per heavy atom. The fourth-order valence-electron chi connectivity index (χ4n) is 3.77. The van der Waals surface area contributed by atoms with Gasteiger partial charge in [0.05, 0.1) is 45.8 Å². The van der Waals surface area contributed by atoms with Crippen LogP contribution in [0.3, 0.4) is 0 Å². The summed E-state index contributed by atoms with van der Waals surface area (Å²) < 4.78 is 65.2. The highest BCUT2D eigenvalue weighted by molar-refractivity contribution is 7.92. The number of halogens is 1. The maximum atomic E-state index is 12.7. The number of rotatable bonds is 10. The topological polar surface area (TPSA) is 131 Å². The molecule has 0 bridgehead atoms. The van der Waals surface area contributed by atoms with Crippen molar-refractivity contribution in [3.05, 3.63) is 82.9 Å². The maximum Gasteiger partial charge on any atom is 0.261 e. The second-order valence-electron chi connectivity index (χ2n) is 8.71. The lowest BCUT2D eigenvalue weighted by molar-refractivity contribution is 0.0730. The minimum absolute atomic E-state index is 0.0783. The van der Waals surface area contributed by atoms with Crippen LogP contribution in [-0.4, -0.2) is 66.5 Å². The lowest BCUT2D eigenvalue weighted by Crippen LogP contribution is -2.40. The number of benzene rings is 3. The van der Waals surface area contributed by atoms with E-state index in [1.54, 1.807) is 24.3 Å². The van der Waals surface area contributed by atoms with Crippen molar-refractivity contribution in [3.63, 3.8) is 0 Å². The summed E-state index contributed by atoms with van der Waals surface area (Å²) in [4.78, 5) is 12.8. The largest absolute Gasteiger partial charge is 0.492 e. The highest BCUT2D eigenvalue weighted by atomic mass is 35.5. The van der Waals surface area contributed by atoms with Crippen molar-refractivity contribution in [3.8, 4) is 5.75 Å². The molecule has 2 N–H and O–H groups in total. The zero-order chi connectivity index (χ0) is 28.0. The Morgan fingerprint density at radius 1 is 0.949 bits per heavy atom. The molecule has 0 spiro atoms. The molecular weight excluding hydrogens is 566 g/mol. The Labute approximate surface area is 233 Å². The lowest BCUT2D eigenvalue weighted by Gasteiger charge is -2.26. The summed E-state index contributed by atoms with van der Waals surface area (Å²) in [6, 6.07) is 16.7. The van der Waals surface area contributed by atoms with Gasteiger partial charge < -0.3 is 14.8 Å². The van der Waals surface area contributed by atoms with E-state index in [4.69, 9.17) is 21.1 Å². The highest BCUT2D eigenvalue weighted by Gasteiger charge is 2.26. The van der Waals surface area contributed by atoms with E-state index in [1.165, 1.54) is 46.8 Å². The van der Waals surface area contributed by atoms with Gasteiger partial charge >= 0.3 is 0 Å². The summed E-state index contributed by atoms with van der Waals surface area (Å²) in [7, 11) is -7.40. The Bertz CT molecular complexity index is 1520. The summed E-state index contributed by atoms with van der Waals surface area (Å²) >= 11 is 6.25. The van der Waals surface area contributed by atoms with Crippen LogP contribution in [0.25, 0.3) is 0 Å². The van der Waals surface area contributed by atoms with Crippen LogP contribution in [0.5, 0.6) is 5.75 Å². The van der Waals surface area contributed by atoms with Crippen LogP contribution in [0.15, 0.2) is 76.5 Å². The molecule has 1 fully saturated rings. The molecule has 39 heavy (non-hydrogen) atoms. The fraction of sp³-hybridized carbons (Fsp3) is 0.269. The molecule has 0 radical (unpaired) electrons. The summed E-state index contributed by atoms with van der Waals surface area (Å²) in [6.45, 7) is 3.52. The smallest absolute Gasteiger partial charge is 0.261 e. The van der Waals surface area contributed by atoms with Crippen LogP contribution >= 0.6 is 11.6 Å². The normalized spacial score (nSPS) is 14.5. The molecule has 4 rings (SSSR count). The van der Waals surface area contributed by atoms with Gasteiger partial charge in [0.1, 0.15) is 12.4 Å². The lowest BCUT2D eigenvalue weighted by atomic mass is 10.2. The standard InChI is InChI=1S/C26H28ClN3O7S2/c1-19-2-7-22(8-3-19)38(32,33)29-20-4-11-24(25(27)18-20)26(31)28-12-15-37-21-5-9-23(10-6-21)39(34,35)30-13-16-36-17-14-30/h2-11,18,29H,12-17H2,1H3,(H,28,31). The number of nitrogens with one attached hydrogen (secondary N) is 2. The predicted molar refractivity (Wildman–Crippen MR) is 147 cm³/mol. The molecule has 0 atom stereocenters. The Hall–Kier alpha value is -3.16. The van der Waals surface area contributed by atoms with Gasteiger partial charge in [-0.1, -0.05) is 29.3 Å². The molecule has 0 saturated carbocycles. The van der Waals surface area contributed by atoms with E-state index in [1.807, 2.05) is 6.92 Å². The van der Waals surface area contributed by atoms with Gasteiger partial charge in [-0.05, 0) is 61.5 Å². The van der Waals surface area contributed by atoms with Crippen LogP contribution in [-0.2, 0) is 24.8 Å². The SMILES string of the molecule is Cc1ccc(S(=O)(=O)Nc2ccc(C(=O)NCCOc3ccc(S(=O)(=O)N4CCOCC4)cc3)c(Cl)c2)cc1. The second-order valence-corrected chi connectivity index (χ2v) is 12.7. The molecule has 1 aliphatic rings. The number of carbonyl (C=O) groups is 1. The fourth-order valence-corrected chi connectivity index (χ4v) is 6.49. The molecule has 1 saturated heterocycles. The third-order valence-electron chi connectivity index (χ3n) is 5.89. The molecule has 0 aliphatic carbocycles. The summed E-state index contributed by atoms with van der Waals surface area (Å²) in [6.07, 6.45) is 0. The van der Waals surface area contributed by atoms with Crippen molar-refractivity contribution in [1.82, 2.24) is 9.62 Å². The summed E-state index contributed by atoms with van der Waals surface area (Å²) in [5.41, 5.74) is 1.33. The van der Waals surface area contributed by atoms with Crippen molar-refractivity contribution in [2.45, 2.75) is 16.7 Å². The van der Waals surface area contributed by atoms with Gasteiger partial charge in [-0.25, -0.2) is 16.8 Å². The molecule has 3 aromatic carbocycles. The average Bonchev–Trinajstić information content (AvgIpc) is 2.92. The number of sulfonamides is 2. The second kappa shape index (κ2) is 12.3. The zero-order valence-corrected chi connectivity index (χ0v) is 23.5. The van der Waals surface area contributed by atoms with Gasteiger partial charge in [0.25, 0.3) is 15.9 Å². The quantitative estimate of drug-likeness (QED) is 0.345. The van der Waals surface area contributed by atoms with Gasteiger partial charge in [-0.3, -0.25) is 9.52 Å². The van der Waals surface area contributed by atoms with Crippen molar-refractivity contribution in [1.29, 1.82) is 0 Å². The highest BCUT2D eigenvalue weighted by Crippen LogP contribution is 2.24. The van der Waals surface area contributed by atoms with Gasteiger partial charge in [0, 0.05) is 13.1 Å². The first-order chi connectivity index (χ1) is 18.6. The predicted octanol–water partition coefficient (Wildman–Crippen LogP) is 3.28. The van der Waals surface area contributed by atoms with Crippen LogP contribution < -0.4 is 14.8 Å². The summed E-state index contributed by atoms with van der Waals surface area (Å²) in [5, 5.41) is 2.76. The van der Waals surface area contributed by atoms with Crippen molar-refractivity contribution < 1.29 is 31.1 Å². The molecule has 13 heteroatoms. The van der Waals surface area contributed by atoms with E-state index < -0.39 is 26.0 Å². The average molecular weight is 594 g/mol. The molecule has 0 unspecified atom stereocenters. The van der Waals surface area contributed by atoms with Gasteiger partial charge in [0.2, 0.25) is 10.0 Å². The van der Waals surface area contributed by atoms with Crippen molar-refractivity contribution >= 4 is 43.2 Å².